The Morgan fingerprint density at radius 2 is 1.85 bits per heavy atom. The van der Waals surface area contributed by atoms with Gasteiger partial charge in [-0.05, 0) is 42.8 Å². The lowest BCUT2D eigenvalue weighted by atomic mass is 10.1. The molecule has 0 radical (unpaired) electrons. The monoisotopic (exact) mass is 384 g/mol. The van der Waals surface area contributed by atoms with E-state index in [1.807, 2.05) is 19.1 Å². The van der Waals surface area contributed by atoms with Crippen LogP contribution in [0.4, 0.5) is 16.2 Å². The van der Waals surface area contributed by atoms with Crippen LogP contribution < -0.4 is 15.0 Å². The molecule has 1 heterocycles. The van der Waals surface area contributed by atoms with Crippen LogP contribution in [0.15, 0.2) is 36.4 Å². The van der Waals surface area contributed by atoms with Crippen molar-refractivity contribution in [2.45, 2.75) is 6.92 Å². The molecule has 2 amide bonds. The van der Waals surface area contributed by atoms with Crippen molar-refractivity contribution >= 4 is 29.0 Å². The largest absolute Gasteiger partial charge is 0.495 e. The van der Waals surface area contributed by atoms with E-state index in [2.05, 4.69) is 16.3 Å². The van der Waals surface area contributed by atoms with E-state index < -0.39 is 0 Å². The molecule has 3 rings (SSSR count). The lowest BCUT2D eigenvalue weighted by Gasteiger charge is -2.36. The first-order chi connectivity index (χ1) is 13.0. The predicted octanol–water partition coefficient (Wildman–Crippen LogP) is 3.88. The number of amides is 2. The Kier molecular flexibility index (Phi) is 5.72. The number of carbonyl (C=O) groups is 1. The number of rotatable bonds is 3. The summed E-state index contributed by atoms with van der Waals surface area (Å²) < 4.78 is 5.46. The maximum Gasteiger partial charge on any atom is 0.321 e. The molecule has 2 aromatic rings. The topological polar surface area (TPSA) is 68.6 Å². The Hall–Kier alpha value is -2.91. The molecular weight excluding hydrogens is 364 g/mol. The minimum Gasteiger partial charge on any atom is -0.495 e. The van der Waals surface area contributed by atoms with Gasteiger partial charge in [0.1, 0.15) is 5.75 Å². The standard InChI is InChI=1S/C20H21ClN4O2/c1-14-11-18(19(27-2)12-17(14)21)24-7-9-25(10-8-24)20(26)23-16-5-3-15(13-22)4-6-16/h3-6,11-12H,7-10H2,1-2H3,(H,23,26). The van der Waals surface area contributed by atoms with E-state index in [-0.39, 0.29) is 6.03 Å². The third-order valence-electron chi connectivity index (χ3n) is 4.63. The van der Waals surface area contributed by atoms with Gasteiger partial charge in [-0.25, -0.2) is 4.79 Å². The molecule has 1 aliphatic heterocycles. The molecule has 0 atom stereocenters. The lowest BCUT2D eigenvalue weighted by molar-refractivity contribution is 0.208. The SMILES string of the molecule is COc1cc(Cl)c(C)cc1N1CCN(C(=O)Nc2ccc(C#N)cc2)CC1. The van der Waals surface area contributed by atoms with Crippen LogP contribution in [0.5, 0.6) is 5.75 Å². The number of anilines is 2. The van der Waals surface area contributed by atoms with Gasteiger partial charge in [-0.15, -0.1) is 0 Å². The molecule has 0 saturated carbocycles. The fraction of sp³-hybridized carbons (Fsp3) is 0.300. The highest BCUT2D eigenvalue weighted by molar-refractivity contribution is 6.31. The van der Waals surface area contributed by atoms with Crippen LogP contribution in [-0.2, 0) is 0 Å². The van der Waals surface area contributed by atoms with Gasteiger partial charge in [0.15, 0.2) is 0 Å². The molecule has 2 aromatic carbocycles. The first-order valence-electron chi connectivity index (χ1n) is 8.67. The van der Waals surface area contributed by atoms with Crippen molar-refractivity contribution in [3.05, 3.63) is 52.5 Å². The average Bonchev–Trinajstić information content (AvgIpc) is 2.70. The van der Waals surface area contributed by atoms with Crippen LogP contribution in [0.2, 0.25) is 5.02 Å². The third-order valence-corrected chi connectivity index (χ3v) is 5.04. The third kappa shape index (κ3) is 4.26. The van der Waals surface area contributed by atoms with Gasteiger partial charge in [-0.3, -0.25) is 0 Å². The molecule has 27 heavy (non-hydrogen) atoms. The minimum atomic E-state index is -0.140. The first kappa shape index (κ1) is 18.9. The number of methoxy groups -OCH3 is 1. The number of nitriles is 1. The molecule has 6 nitrogen and oxygen atoms in total. The van der Waals surface area contributed by atoms with Crippen molar-refractivity contribution in [1.82, 2.24) is 4.90 Å². The van der Waals surface area contributed by atoms with E-state index in [1.165, 1.54) is 0 Å². The fourth-order valence-electron chi connectivity index (χ4n) is 3.04. The maximum absolute atomic E-state index is 12.5. The molecule has 1 N–H and O–H groups in total. The van der Waals surface area contributed by atoms with Gasteiger partial charge in [-0.1, -0.05) is 11.6 Å². The van der Waals surface area contributed by atoms with Crippen LogP contribution in [0, 0.1) is 18.3 Å². The van der Waals surface area contributed by atoms with Gasteiger partial charge in [0, 0.05) is 43.0 Å². The lowest BCUT2D eigenvalue weighted by Crippen LogP contribution is -2.50. The Morgan fingerprint density at radius 3 is 2.44 bits per heavy atom. The second-order valence-electron chi connectivity index (χ2n) is 6.37. The number of piperazine rings is 1. The van der Waals surface area contributed by atoms with Crippen molar-refractivity contribution in [2.75, 3.05) is 43.5 Å². The molecule has 1 saturated heterocycles. The predicted molar refractivity (Wildman–Crippen MR) is 107 cm³/mol. The van der Waals surface area contributed by atoms with E-state index in [0.717, 1.165) is 17.0 Å². The summed E-state index contributed by atoms with van der Waals surface area (Å²) in [6.45, 7) is 4.59. The van der Waals surface area contributed by atoms with Crippen LogP contribution in [0.25, 0.3) is 0 Å². The summed E-state index contributed by atoms with van der Waals surface area (Å²) in [5, 5.41) is 12.4. The summed E-state index contributed by atoms with van der Waals surface area (Å²) in [6, 6.07) is 12.6. The number of nitrogens with one attached hydrogen (secondary N) is 1. The van der Waals surface area contributed by atoms with Gasteiger partial charge < -0.3 is 19.9 Å². The summed E-state index contributed by atoms with van der Waals surface area (Å²) in [6.07, 6.45) is 0. The van der Waals surface area contributed by atoms with Crippen LogP contribution in [0.3, 0.4) is 0 Å². The fourth-order valence-corrected chi connectivity index (χ4v) is 3.19. The van der Waals surface area contributed by atoms with Gasteiger partial charge in [0.2, 0.25) is 0 Å². The van der Waals surface area contributed by atoms with Crippen molar-refractivity contribution in [1.29, 1.82) is 5.26 Å². The quantitative estimate of drug-likeness (QED) is 0.871. The smallest absolute Gasteiger partial charge is 0.321 e. The number of hydrogen-bond donors (Lipinski definition) is 1. The van der Waals surface area contributed by atoms with Crippen molar-refractivity contribution < 1.29 is 9.53 Å². The van der Waals surface area contributed by atoms with Gasteiger partial charge in [0.25, 0.3) is 0 Å². The zero-order valence-corrected chi connectivity index (χ0v) is 16.1. The van der Waals surface area contributed by atoms with Crippen LogP contribution in [-0.4, -0.2) is 44.2 Å². The second kappa shape index (κ2) is 8.19. The maximum atomic E-state index is 12.5. The van der Waals surface area contributed by atoms with Crippen LogP contribution >= 0.6 is 11.6 Å². The zero-order valence-electron chi connectivity index (χ0n) is 15.3. The number of ether oxygens (including phenoxy) is 1. The van der Waals surface area contributed by atoms with Crippen molar-refractivity contribution in [3.8, 4) is 11.8 Å². The summed E-state index contributed by atoms with van der Waals surface area (Å²) in [7, 11) is 1.63. The number of carbonyl (C=O) groups excluding carboxylic acids is 1. The highest BCUT2D eigenvalue weighted by Gasteiger charge is 2.23. The van der Waals surface area contributed by atoms with Gasteiger partial charge in [0.05, 0.1) is 24.4 Å². The average molecular weight is 385 g/mol. The molecule has 1 fully saturated rings. The summed E-state index contributed by atoms with van der Waals surface area (Å²) in [5.74, 6) is 0.737. The molecular formula is C20H21ClN4O2. The number of benzene rings is 2. The number of halogens is 1. The Labute approximate surface area is 163 Å². The number of urea groups is 1. The van der Waals surface area contributed by atoms with E-state index in [9.17, 15) is 4.79 Å². The second-order valence-corrected chi connectivity index (χ2v) is 6.77. The molecule has 7 heteroatoms. The molecule has 0 spiro atoms. The van der Waals surface area contributed by atoms with Gasteiger partial charge in [-0.2, -0.15) is 5.26 Å². The summed E-state index contributed by atoms with van der Waals surface area (Å²) in [5.41, 5.74) is 3.23. The van der Waals surface area contributed by atoms with E-state index >= 15 is 0 Å². The van der Waals surface area contributed by atoms with Crippen molar-refractivity contribution in [2.24, 2.45) is 0 Å². The first-order valence-corrected chi connectivity index (χ1v) is 9.05. The number of aryl methyl sites for hydroxylation is 1. The van der Waals surface area contributed by atoms with E-state index in [1.54, 1.807) is 36.3 Å². The molecule has 0 aromatic heterocycles. The molecule has 0 aliphatic carbocycles. The molecule has 0 unspecified atom stereocenters. The Bertz CT molecular complexity index is 869. The molecule has 140 valence electrons. The zero-order chi connectivity index (χ0) is 19.4. The minimum absolute atomic E-state index is 0.140. The Morgan fingerprint density at radius 1 is 1.19 bits per heavy atom. The number of nitrogens with zero attached hydrogens (tertiary/aromatic N) is 3. The highest BCUT2D eigenvalue weighted by Crippen LogP contribution is 2.34. The number of hydrogen-bond acceptors (Lipinski definition) is 4. The van der Waals surface area contributed by atoms with Crippen molar-refractivity contribution in [3.63, 3.8) is 0 Å². The normalized spacial score (nSPS) is 13.9. The van der Waals surface area contributed by atoms with E-state index in [0.29, 0.717) is 42.5 Å². The summed E-state index contributed by atoms with van der Waals surface area (Å²) in [4.78, 5) is 16.5. The van der Waals surface area contributed by atoms with Gasteiger partial charge >= 0.3 is 6.03 Å². The highest BCUT2D eigenvalue weighted by atomic mass is 35.5. The molecule has 0 bridgehead atoms. The molecule has 1 aliphatic rings. The summed E-state index contributed by atoms with van der Waals surface area (Å²) >= 11 is 6.19. The van der Waals surface area contributed by atoms with Crippen LogP contribution in [0.1, 0.15) is 11.1 Å². The van der Waals surface area contributed by atoms with E-state index in [4.69, 9.17) is 21.6 Å². The Balaban J connectivity index is 1.62.